The Hall–Kier alpha value is -2.10. The van der Waals surface area contributed by atoms with Crippen LogP contribution in [0.5, 0.6) is 0 Å². The first-order valence-electron chi connectivity index (χ1n) is 8.69. The highest BCUT2D eigenvalue weighted by Crippen LogP contribution is 2.36. The quantitative estimate of drug-likeness (QED) is 0.667. The number of nitrogens with zero attached hydrogens (tertiary/aromatic N) is 1. The number of hydrogen-bond acceptors (Lipinski definition) is 3. The summed E-state index contributed by atoms with van der Waals surface area (Å²) in [5.41, 5.74) is 0.0662. The molecule has 0 spiro atoms. The molecule has 0 aliphatic rings. The Morgan fingerprint density at radius 2 is 1.83 bits per heavy atom. The molecule has 29 heavy (non-hydrogen) atoms. The van der Waals surface area contributed by atoms with E-state index in [0.717, 1.165) is 22.0 Å². The molecule has 0 saturated heterocycles. The third-order valence-electron chi connectivity index (χ3n) is 4.09. The van der Waals surface area contributed by atoms with Gasteiger partial charge in [-0.15, -0.1) is 0 Å². The molecule has 158 valence electrons. The van der Waals surface area contributed by atoms with Gasteiger partial charge in [-0.05, 0) is 43.2 Å². The van der Waals surface area contributed by atoms with Gasteiger partial charge >= 0.3 is 6.18 Å². The Labute approximate surface area is 172 Å². The monoisotopic (exact) mass is 448 g/mol. The number of benzene rings is 2. The highest BCUT2D eigenvalue weighted by atomic mass is 35.5. The molecule has 0 bridgehead atoms. The van der Waals surface area contributed by atoms with Gasteiger partial charge in [0.1, 0.15) is 0 Å². The first-order valence-corrected chi connectivity index (χ1v) is 10.5. The van der Waals surface area contributed by atoms with Crippen molar-refractivity contribution >= 4 is 33.2 Å². The molecule has 2 rings (SSSR count). The molecule has 2 aromatic rings. The van der Waals surface area contributed by atoms with Crippen molar-refractivity contribution in [2.24, 2.45) is 0 Å². The number of sulfonamides is 1. The van der Waals surface area contributed by atoms with E-state index in [-0.39, 0.29) is 6.54 Å². The number of para-hydroxylation sites is 1. The van der Waals surface area contributed by atoms with Gasteiger partial charge in [-0.2, -0.15) is 17.5 Å². The van der Waals surface area contributed by atoms with Crippen LogP contribution >= 0.6 is 11.6 Å². The van der Waals surface area contributed by atoms with E-state index in [9.17, 15) is 26.4 Å². The highest BCUT2D eigenvalue weighted by Gasteiger charge is 2.35. The molecule has 0 aliphatic heterocycles. The van der Waals surface area contributed by atoms with Gasteiger partial charge in [0.2, 0.25) is 15.9 Å². The van der Waals surface area contributed by atoms with Crippen molar-refractivity contribution in [3.8, 4) is 0 Å². The molecular formula is C19H20ClF3N2O3S. The number of carbonyl (C=O) groups is 1. The van der Waals surface area contributed by atoms with E-state index < -0.39 is 44.1 Å². The summed E-state index contributed by atoms with van der Waals surface area (Å²) in [5.74, 6) is -0.596. The third-order valence-corrected chi connectivity index (χ3v) is 6.26. The standard InChI is InChI=1S/C19H20ClF3N2O3S/c1-3-10-25(12-18(26)24-17-7-5-4-6-13(17)2)29(27,28)14-8-9-16(20)15(11-14)19(21,22)23/h4-9,11H,3,10,12H2,1-2H3,(H,24,26). The van der Waals surface area contributed by atoms with Gasteiger partial charge in [0.15, 0.2) is 0 Å². The van der Waals surface area contributed by atoms with Crippen LogP contribution in [0.1, 0.15) is 24.5 Å². The second-order valence-electron chi connectivity index (χ2n) is 6.34. The van der Waals surface area contributed by atoms with Gasteiger partial charge in [0, 0.05) is 12.2 Å². The summed E-state index contributed by atoms with van der Waals surface area (Å²) in [5, 5.41) is 2.02. The number of alkyl halides is 3. The van der Waals surface area contributed by atoms with Crippen LogP contribution in [0.3, 0.4) is 0 Å². The first-order chi connectivity index (χ1) is 13.5. The van der Waals surface area contributed by atoms with E-state index >= 15 is 0 Å². The average Bonchev–Trinajstić information content (AvgIpc) is 2.62. The topological polar surface area (TPSA) is 66.5 Å². The zero-order chi connectivity index (χ0) is 21.8. The van der Waals surface area contributed by atoms with Crippen LogP contribution in [-0.4, -0.2) is 31.7 Å². The van der Waals surface area contributed by atoms with Crippen LogP contribution < -0.4 is 5.32 Å². The lowest BCUT2D eigenvalue weighted by atomic mass is 10.2. The Bertz CT molecular complexity index is 994. The summed E-state index contributed by atoms with van der Waals surface area (Å²) >= 11 is 5.57. The SMILES string of the molecule is CCCN(CC(=O)Nc1ccccc1C)S(=O)(=O)c1ccc(Cl)c(C(F)(F)F)c1. The minimum Gasteiger partial charge on any atom is -0.325 e. The average molecular weight is 449 g/mol. The summed E-state index contributed by atoms with van der Waals surface area (Å²) in [7, 11) is -4.35. The van der Waals surface area contributed by atoms with Crippen LogP contribution in [0.25, 0.3) is 0 Å². The number of hydrogen-bond donors (Lipinski definition) is 1. The Morgan fingerprint density at radius 3 is 2.41 bits per heavy atom. The van der Waals surface area contributed by atoms with Crippen LogP contribution in [-0.2, 0) is 21.0 Å². The predicted molar refractivity (Wildman–Crippen MR) is 105 cm³/mol. The Kier molecular flexibility index (Phi) is 7.31. The molecule has 1 N–H and O–H groups in total. The number of nitrogens with one attached hydrogen (secondary N) is 1. The van der Waals surface area contributed by atoms with Crippen molar-refractivity contribution in [3.63, 3.8) is 0 Å². The number of halogens is 4. The summed E-state index contributed by atoms with van der Waals surface area (Å²) in [6.07, 6.45) is -4.43. The molecule has 0 aromatic heterocycles. The molecule has 0 fully saturated rings. The number of aryl methyl sites for hydroxylation is 1. The molecule has 2 aromatic carbocycles. The van der Waals surface area contributed by atoms with Crippen LogP contribution in [0.4, 0.5) is 18.9 Å². The van der Waals surface area contributed by atoms with E-state index in [4.69, 9.17) is 11.6 Å². The fraction of sp³-hybridized carbons (Fsp3) is 0.316. The van der Waals surface area contributed by atoms with Crippen LogP contribution in [0.15, 0.2) is 47.4 Å². The smallest absolute Gasteiger partial charge is 0.325 e. The van der Waals surface area contributed by atoms with Crippen molar-refractivity contribution in [2.45, 2.75) is 31.3 Å². The lowest BCUT2D eigenvalue weighted by molar-refractivity contribution is -0.137. The van der Waals surface area contributed by atoms with Crippen molar-refractivity contribution in [1.82, 2.24) is 4.31 Å². The highest BCUT2D eigenvalue weighted by molar-refractivity contribution is 7.89. The number of carbonyl (C=O) groups excluding carboxylic acids is 1. The summed E-state index contributed by atoms with van der Waals surface area (Å²) in [6.45, 7) is 2.91. The maximum absolute atomic E-state index is 13.1. The van der Waals surface area contributed by atoms with Crippen molar-refractivity contribution in [3.05, 3.63) is 58.6 Å². The van der Waals surface area contributed by atoms with Crippen molar-refractivity contribution in [1.29, 1.82) is 0 Å². The molecule has 0 unspecified atom stereocenters. The maximum Gasteiger partial charge on any atom is 0.417 e. The molecule has 1 amide bonds. The van der Waals surface area contributed by atoms with Crippen LogP contribution in [0.2, 0.25) is 5.02 Å². The Balaban J connectivity index is 2.31. The van der Waals surface area contributed by atoms with Gasteiger partial charge < -0.3 is 5.32 Å². The van der Waals surface area contributed by atoms with Crippen molar-refractivity contribution < 1.29 is 26.4 Å². The fourth-order valence-corrected chi connectivity index (χ4v) is 4.37. The van der Waals surface area contributed by atoms with Gasteiger partial charge in [-0.1, -0.05) is 36.7 Å². The molecule has 0 aliphatic carbocycles. The van der Waals surface area contributed by atoms with E-state index in [1.165, 1.54) is 0 Å². The molecule has 0 saturated carbocycles. The maximum atomic E-state index is 13.1. The van der Waals surface area contributed by atoms with E-state index in [0.29, 0.717) is 18.2 Å². The zero-order valence-electron chi connectivity index (χ0n) is 15.8. The number of amides is 1. The molecular weight excluding hydrogens is 429 g/mol. The van der Waals surface area contributed by atoms with Gasteiger partial charge in [-0.3, -0.25) is 4.79 Å². The lowest BCUT2D eigenvalue weighted by Crippen LogP contribution is -2.38. The van der Waals surface area contributed by atoms with E-state index in [1.807, 2.05) is 0 Å². The molecule has 5 nitrogen and oxygen atoms in total. The van der Waals surface area contributed by atoms with E-state index in [1.54, 1.807) is 38.1 Å². The third kappa shape index (κ3) is 5.71. The zero-order valence-corrected chi connectivity index (χ0v) is 17.3. The minimum atomic E-state index is -4.81. The first kappa shape index (κ1) is 23.2. The van der Waals surface area contributed by atoms with Gasteiger partial charge in [-0.25, -0.2) is 8.42 Å². The molecule has 10 heteroatoms. The largest absolute Gasteiger partial charge is 0.417 e. The van der Waals surface area contributed by atoms with Crippen molar-refractivity contribution in [2.75, 3.05) is 18.4 Å². The van der Waals surface area contributed by atoms with E-state index in [2.05, 4.69) is 5.32 Å². The minimum absolute atomic E-state index is 0.0342. The second kappa shape index (κ2) is 9.15. The lowest BCUT2D eigenvalue weighted by Gasteiger charge is -2.22. The summed E-state index contributed by atoms with van der Waals surface area (Å²) in [6, 6.07) is 9.32. The number of anilines is 1. The van der Waals surface area contributed by atoms with Crippen LogP contribution in [0, 0.1) is 6.92 Å². The fourth-order valence-electron chi connectivity index (χ4n) is 2.63. The normalized spacial score (nSPS) is 12.2. The summed E-state index contributed by atoms with van der Waals surface area (Å²) in [4.78, 5) is 11.8. The summed E-state index contributed by atoms with van der Waals surface area (Å²) < 4.78 is 66.0. The molecule has 0 radical (unpaired) electrons. The predicted octanol–water partition coefficient (Wildman–Crippen LogP) is 4.71. The molecule has 0 atom stereocenters. The van der Waals surface area contributed by atoms with Gasteiger partial charge in [0.25, 0.3) is 0 Å². The van der Waals surface area contributed by atoms with Gasteiger partial charge in [0.05, 0.1) is 22.0 Å². The Morgan fingerprint density at radius 1 is 1.17 bits per heavy atom. The molecule has 0 heterocycles. The number of rotatable bonds is 7. The second-order valence-corrected chi connectivity index (χ2v) is 8.69.